The lowest BCUT2D eigenvalue weighted by Crippen LogP contribution is -2.05. The van der Waals surface area contributed by atoms with Crippen LogP contribution in [0.3, 0.4) is 0 Å². The lowest BCUT2D eigenvalue weighted by molar-refractivity contribution is 0.882. The van der Waals surface area contributed by atoms with Crippen molar-refractivity contribution in [3.8, 4) is 16.9 Å². The van der Waals surface area contributed by atoms with Crippen molar-refractivity contribution in [2.75, 3.05) is 11.9 Å². The number of benzene rings is 2. The molecule has 1 aliphatic heterocycles. The molecule has 0 saturated heterocycles. The first-order chi connectivity index (χ1) is 11.2. The number of aromatic nitrogens is 2. The van der Waals surface area contributed by atoms with Crippen LogP contribution in [0, 0.1) is 6.92 Å². The normalized spacial score (nSPS) is 13.0. The van der Waals surface area contributed by atoms with Crippen LogP contribution in [0.4, 0.5) is 5.82 Å². The van der Waals surface area contributed by atoms with Crippen molar-refractivity contribution in [1.29, 1.82) is 0 Å². The molecule has 5 heteroatoms. The number of hydrogen-bond acceptors (Lipinski definition) is 2. The maximum Gasteiger partial charge on any atom is 0.133 e. The molecular formula is C18H15Cl2N3. The van der Waals surface area contributed by atoms with Gasteiger partial charge in [-0.15, -0.1) is 0 Å². The Morgan fingerprint density at radius 1 is 1.09 bits per heavy atom. The van der Waals surface area contributed by atoms with Crippen LogP contribution < -0.4 is 5.32 Å². The maximum absolute atomic E-state index is 6.40. The minimum absolute atomic E-state index is 0.518. The van der Waals surface area contributed by atoms with E-state index in [1.807, 2.05) is 28.9 Å². The van der Waals surface area contributed by atoms with Gasteiger partial charge in [0.1, 0.15) is 5.82 Å². The highest BCUT2D eigenvalue weighted by molar-refractivity contribution is 6.43. The number of anilines is 1. The molecule has 1 aliphatic rings. The Morgan fingerprint density at radius 2 is 1.91 bits per heavy atom. The standard InChI is InChI=1S/C18H15Cl2N3/c1-11-5-2-3-6-12(11)17-13-9-10-21-18(13)23(22-17)15-8-4-7-14(19)16(15)20/h2-8,21H,9-10H2,1H3. The Hall–Kier alpha value is -1.97. The van der Waals surface area contributed by atoms with Crippen LogP contribution in [0.5, 0.6) is 0 Å². The molecule has 23 heavy (non-hydrogen) atoms. The largest absolute Gasteiger partial charge is 0.369 e. The summed E-state index contributed by atoms with van der Waals surface area (Å²) in [5, 5.41) is 9.32. The Morgan fingerprint density at radius 3 is 2.74 bits per heavy atom. The van der Waals surface area contributed by atoms with Gasteiger partial charge in [-0.25, -0.2) is 4.68 Å². The Labute approximate surface area is 144 Å². The molecule has 0 saturated carbocycles. The summed E-state index contributed by atoms with van der Waals surface area (Å²) in [5.74, 6) is 1.01. The number of hydrogen-bond donors (Lipinski definition) is 1. The third kappa shape index (κ3) is 2.32. The molecule has 0 bridgehead atoms. The summed E-state index contributed by atoms with van der Waals surface area (Å²) in [6.45, 7) is 3.01. The van der Waals surface area contributed by atoms with E-state index in [2.05, 4.69) is 24.4 Å². The second kappa shape index (κ2) is 5.59. The fourth-order valence-electron chi connectivity index (χ4n) is 3.06. The predicted molar refractivity (Wildman–Crippen MR) is 96.0 cm³/mol. The van der Waals surface area contributed by atoms with Crippen molar-refractivity contribution < 1.29 is 0 Å². The summed E-state index contributed by atoms with van der Waals surface area (Å²) in [7, 11) is 0. The zero-order valence-electron chi connectivity index (χ0n) is 12.6. The topological polar surface area (TPSA) is 29.9 Å². The zero-order valence-corrected chi connectivity index (χ0v) is 14.1. The fraction of sp³-hybridized carbons (Fsp3) is 0.167. The molecule has 3 nitrogen and oxygen atoms in total. The van der Waals surface area contributed by atoms with Gasteiger partial charge < -0.3 is 5.32 Å². The molecule has 1 N–H and O–H groups in total. The summed E-state index contributed by atoms with van der Waals surface area (Å²) in [6, 6.07) is 13.9. The van der Waals surface area contributed by atoms with Gasteiger partial charge in [-0.2, -0.15) is 5.10 Å². The molecule has 0 unspecified atom stereocenters. The van der Waals surface area contributed by atoms with Crippen LogP contribution in [-0.2, 0) is 6.42 Å². The SMILES string of the molecule is Cc1ccccc1-c1nn(-c2cccc(Cl)c2Cl)c2c1CCN2. The monoisotopic (exact) mass is 343 g/mol. The quantitative estimate of drug-likeness (QED) is 0.699. The Balaban J connectivity index is 1.96. The van der Waals surface area contributed by atoms with Crippen molar-refractivity contribution in [3.05, 3.63) is 63.6 Å². The molecule has 0 amide bonds. The number of nitrogens with one attached hydrogen (secondary N) is 1. The second-order valence-electron chi connectivity index (χ2n) is 5.65. The van der Waals surface area contributed by atoms with E-state index in [1.54, 1.807) is 6.07 Å². The summed E-state index contributed by atoms with van der Waals surface area (Å²) < 4.78 is 1.87. The van der Waals surface area contributed by atoms with Gasteiger partial charge in [0.05, 0.1) is 21.4 Å². The van der Waals surface area contributed by atoms with Gasteiger partial charge in [-0.1, -0.05) is 53.5 Å². The molecule has 2 heterocycles. The summed E-state index contributed by atoms with van der Waals surface area (Å²) in [6.07, 6.45) is 0.956. The van der Waals surface area contributed by atoms with E-state index in [1.165, 1.54) is 11.1 Å². The number of nitrogens with zero attached hydrogens (tertiary/aromatic N) is 2. The minimum Gasteiger partial charge on any atom is -0.369 e. The van der Waals surface area contributed by atoms with Gasteiger partial charge in [0.2, 0.25) is 0 Å². The number of halogens is 2. The van der Waals surface area contributed by atoms with E-state index < -0.39 is 0 Å². The van der Waals surface area contributed by atoms with E-state index in [0.717, 1.165) is 35.7 Å². The average Bonchev–Trinajstić information content (AvgIpc) is 3.13. The van der Waals surface area contributed by atoms with Crippen LogP contribution in [0.15, 0.2) is 42.5 Å². The number of fused-ring (bicyclic) bond motifs is 1. The highest BCUT2D eigenvalue weighted by Crippen LogP contribution is 2.38. The predicted octanol–water partition coefficient (Wildman–Crippen LogP) is 5.12. The van der Waals surface area contributed by atoms with Crippen molar-refractivity contribution in [1.82, 2.24) is 9.78 Å². The smallest absolute Gasteiger partial charge is 0.133 e. The summed E-state index contributed by atoms with van der Waals surface area (Å²) in [5.41, 5.74) is 5.41. The van der Waals surface area contributed by atoms with Crippen LogP contribution in [-0.4, -0.2) is 16.3 Å². The first-order valence-corrected chi connectivity index (χ1v) is 8.28. The molecular weight excluding hydrogens is 329 g/mol. The highest BCUT2D eigenvalue weighted by atomic mass is 35.5. The first-order valence-electron chi connectivity index (χ1n) is 7.53. The third-order valence-electron chi connectivity index (χ3n) is 4.21. The molecule has 4 rings (SSSR count). The number of rotatable bonds is 2. The molecule has 1 aromatic heterocycles. The van der Waals surface area contributed by atoms with Gasteiger partial charge in [0.15, 0.2) is 0 Å². The maximum atomic E-state index is 6.40. The minimum atomic E-state index is 0.518. The number of aryl methyl sites for hydroxylation is 1. The van der Waals surface area contributed by atoms with E-state index in [0.29, 0.717) is 10.0 Å². The molecule has 0 atom stereocenters. The van der Waals surface area contributed by atoms with Gasteiger partial charge in [0, 0.05) is 17.7 Å². The van der Waals surface area contributed by atoms with Crippen LogP contribution in [0.25, 0.3) is 16.9 Å². The zero-order chi connectivity index (χ0) is 16.0. The molecule has 0 radical (unpaired) electrons. The molecule has 116 valence electrons. The lowest BCUT2D eigenvalue weighted by atomic mass is 10.0. The van der Waals surface area contributed by atoms with E-state index >= 15 is 0 Å². The van der Waals surface area contributed by atoms with Crippen molar-refractivity contribution in [2.45, 2.75) is 13.3 Å². The molecule has 0 aliphatic carbocycles. The fourth-order valence-corrected chi connectivity index (χ4v) is 3.44. The van der Waals surface area contributed by atoms with E-state index in [4.69, 9.17) is 28.3 Å². The van der Waals surface area contributed by atoms with Crippen LogP contribution in [0.2, 0.25) is 10.0 Å². The van der Waals surface area contributed by atoms with E-state index in [9.17, 15) is 0 Å². The van der Waals surface area contributed by atoms with Crippen molar-refractivity contribution >= 4 is 29.0 Å². The summed E-state index contributed by atoms with van der Waals surface area (Å²) in [4.78, 5) is 0. The van der Waals surface area contributed by atoms with Crippen molar-refractivity contribution in [2.24, 2.45) is 0 Å². The second-order valence-corrected chi connectivity index (χ2v) is 6.44. The lowest BCUT2D eigenvalue weighted by Gasteiger charge is -2.09. The summed E-state index contributed by atoms with van der Waals surface area (Å²) >= 11 is 12.6. The average molecular weight is 344 g/mol. The third-order valence-corrected chi connectivity index (χ3v) is 5.02. The Kier molecular flexibility index (Phi) is 3.55. The van der Waals surface area contributed by atoms with Gasteiger partial charge in [-0.05, 0) is 31.0 Å². The molecule has 2 aromatic carbocycles. The molecule has 0 spiro atoms. The Bertz CT molecular complexity index is 899. The highest BCUT2D eigenvalue weighted by Gasteiger charge is 2.25. The first kappa shape index (κ1) is 14.6. The van der Waals surface area contributed by atoms with Gasteiger partial charge in [-0.3, -0.25) is 0 Å². The van der Waals surface area contributed by atoms with Gasteiger partial charge in [0.25, 0.3) is 0 Å². The van der Waals surface area contributed by atoms with E-state index in [-0.39, 0.29) is 0 Å². The molecule has 3 aromatic rings. The van der Waals surface area contributed by atoms with Gasteiger partial charge >= 0.3 is 0 Å². The van der Waals surface area contributed by atoms with Crippen LogP contribution in [0.1, 0.15) is 11.1 Å². The molecule has 0 fully saturated rings. The van der Waals surface area contributed by atoms with Crippen molar-refractivity contribution in [3.63, 3.8) is 0 Å². The van der Waals surface area contributed by atoms with Crippen LogP contribution >= 0.6 is 23.2 Å².